The first-order chi connectivity index (χ1) is 36.2. The van der Waals surface area contributed by atoms with Crippen molar-refractivity contribution in [1.29, 1.82) is 0 Å². The smallest absolute Gasteiger partial charge is 0.306 e. The highest BCUT2D eigenvalue weighted by atomic mass is 19.1. The third-order valence-electron chi connectivity index (χ3n) is 21.5. The Hall–Kier alpha value is -5.10. The van der Waals surface area contributed by atoms with Crippen molar-refractivity contribution in [3.05, 3.63) is 46.1 Å². The number of hydrogen-bond donors (Lipinski definition) is 3. The van der Waals surface area contributed by atoms with Gasteiger partial charge in [0.05, 0.1) is 36.0 Å². The second-order valence-corrected chi connectivity index (χ2v) is 24.9. The molecule has 478 valence electrons. The van der Waals surface area contributed by atoms with Crippen LogP contribution in [0.1, 0.15) is 221 Å². The van der Waals surface area contributed by atoms with Crippen molar-refractivity contribution in [2.75, 3.05) is 13.2 Å². The highest BCUT2D eigenvalue weighted by Gasteiger charge is 2.79. The summed E-state index contributed by atoms with van der Waals surface area (Å²) < 4.78 is 60.0. The van der Waals surface area contributed by atoms with Crippen molar-refractivity contribution < 1.29 is 66.7 Å². The lowest BCUT2D eigenvalue weighted by molar-refractivity contribution is -0.234. The minimum absolute atomic E-state index is 0. The van der Waals surface area contributed by atoms with E-state index in [0.29, 0.717) is 51.4 Å². The van der Waals surface area contributed by atoms with E-state index >= 15 is 8.78 Å². The number of ketones is 2. The van der Waals surface area contributed by atoms with Crippen LogP contribution in [-0.4, -0.2) is 114 Å². The molecule has 0 radical (unpaired) electrons. The number of fused-ring (bicyclic) bond motifs is 12. The molecule has 6 fully saturated rings. The fourth-order valence-corrected chi connectivity index (χ4v) is 17.7. The van der Waals surface area contributed by atoms with E-state index in [9.17, 15) is 39.0 Å². The number of allylic oxidation sites excluding steroid dienone is 2. The summed E-state index contributed by atoms with van der Waals surface area (Å²) in [6.07, 6.45) is 9.23. The van der Waals surface area contributed by atoms with Crippen LogP contribution in [-0.2, 0) is 67.6 Å². The van der Waals surface area contributed by atoms with Crippen LogP contribution in [0.25, 0.3) is 12.2 Å². The molecule has 84 heavy (non-hydrogen) atoms. The van der Waals surface area contributed by atoms with Gasteiger partial charge in [0, 0.05) is 78.1 Å². The summed E-state index contributed by atoms with van der Waals surface area (Å²) in [5.74, 6) is -5.71. The molecule has 0 spiro atoms. The summed E-state index contributed by atoms with van der Waals surface area (Å²) in [5, 5.41) is 35.1. The van der Waals surface area contributed by atoms with Gasteiger partial charge in [0.15, 0.2) is 24.4 Å². The number of aliphatic hydroxyl groups is 2. The van der Waals surface area contributed by atoms with Crippen LogP contribution in [0.15, 0.2) is 23.5 Å². The Balaban J connectivity index is 0.000000529. The van der Waals surface area contributed by atoms with E-state index in [0.717, 1.165) is 33.7 Å². The van der Waals surface area contributed by atoms with Crippen LogP contribution in [0.2, 0.25) is 0 Å². The Morgan fingerprint density at radius 2 is 1.00 bits per heavy atom. The number of halogens is 2. The number of aliphatic hydroxyl groups excluding tert-OH is 2. The molecule has 0 unspecified atom stereocenters. The molecule has 3 N–H and O–H groups in total. The van der Waals surface area contributed by atoms with Crippen LogP contribution in [0.3, 0.4) is 0 Å². The van der Waals surface area contributed by atoms with Crippen LogP contribution >= 0.6 is 0 Å². The molecule has 10 rings (SSSR count). The predicted octanol–water partition coefficient (Wildman–Crippen LogP) is 12.7. The van der Waals surface area contributed by atoms with E-state index in [2.05, 4.69) is 15.3 Å². The maximum atomic E-state index is 17.9. The first-order valence-corrected chi connectivity index (χ1v) is 28.2. The van der Waals surface area contributed by atoms with Gasteiger partial charge in [-0.15, -0.1) is 0 Å². The van der Waals surface area contributed by atoms with Crippen LogP contribution in [0.4, 0.5) is 8.78 Å². The first kappa shape index (κ1) is 75.0. The molecule has 0 bridgehead atoms. The van der Waals surface area contributed by atoms with E-state index in [4.69, 9.17) is 18.9 Å². The molecule has 2 aromatic heterocycles. The number of aromatic nitrogens is 4. The lowest BCUT2D eigenvalue weighted by Crippen LogP contribution is -2.70. The minimum Gasteiger partial charge on any atom is -0.457 e. The van der Waals surface area contributed by atoms with Gasteiger partial charge < -0.3 is 29.2 Å². The molecule has 0 amide bonds. The number of Topliss-reactive ketones (excluding diaryl/α,β-unsaturated/α-hetero) is 2. The zero-order valence-corrected chi connectivity index (χ0v) is 46.8. The highest BCUT2D eigenvalue weighted by molar-refractivity contribution is 5.94. The van der Waals surface area contributed by atoms with Crippen LogP contribution in [0.5, 0.6) is 0 Å². The molecule has 16 atom stereocenters. The average Bonchev–Trinajstić information content (AvgIpc) is 1.45. The largest absolute Gasteiger partial charge is 0.457 e. The number of H-pyrrole nitrogens is 1. The van der Waals surface area contributed by atoms with E-state index < -0.39 is 129 Å². The van der Waals surface area contributed by atoms with Gasteiger partial charge in [0.2, 0.25) is 11.6 Å². The molecule has 0 aromatic carbocycles. The molecule has 2 heterocycles. The summed E-state index contributed by atoms with van der Waals surface area (Å²) in [7, 11) is 1.88. The second kappa shape index (κ2) is 26.1. The Labute approximate surface area is 501 Å². The lowest BCUT2D eigenvalue weighted by Gasteiger charge is -2.63. The molecular formula is C66H108F2N4O12. The molecule has 0 aliphatic heterocycles. The van der Waals surface area contributed by atoms with E-state index in [1.165, 1.54) is 0 Å². The maximum Gasteiger partial charge on any atom is 0.306 e. The number of nitrogens with zero attached hydrogens (tertiary/aromatic N) is 3. The molecule has 6 saturated carbocycles. The molecular weight excluding hydrogens is 1080 g/mol. The number of ether oxygens (including phenoxy) is 4. The standard InChI is InChI=1S/C30H41FN2O6.C29H39FN2O6.7CH4/c1-7-25(36)38-16-24(35)30(39-26(37)8-2)17(3)11-21-20-10-9-19-12-22-18(15-32-33(22)6)13-27(19,4)29(20,31)23(34)14-28(21,30)5;1-6-24(35)37-15-23(34)29(38-25(36)7-2)16(3)10-20-19-9-8-18-11-21-17(14-31-32-21)12-26(18,4)28(19,30)22(33)13-27(20,29)5;;;;;;;/h12,15,17,20-21,23,34H,7-11,13-14,16H2,1-6H3;11,14,16,19-20,22,33H,6-10,12-13,15H2,1-5H3,(H,31,32);7*1H4/t17-,20-,21-,23-,27-,28-,29-,30-;16-,19-,20-,22-,26-,27-,28-,29-;;;;;;;/m00......./s1. The molecule has 8 aliphatic carbocycles. The fraction of sp³-hybridized carbons (Fsp3) is 0.758. The number of esters is 4. The molecule has 16 nitrogen and oxygen atoms in total. The number of aryl methyl sites for hydroxylation is 1. The van der Waals surface area contributed by atoms with Gasteiger partial charge in [0.25, 0.3) is 0 Å². The molecule has 0 saturated heterocycles. The van der Waals surface area contributed by atoms with Gasteiger partial charge in [0.1, 0.15) is 11.3 Å². The summed E-state index contributed by atoms with van der Waals surface area (Å²) in [4.78, 5) is 77.2. The topological polar surface area (TPSA) is 226 Å². The average molecular weight is 1190 g/mol. The van der Waals surface area contributed by atoms with Gasteiger partial charge in [-0.25, -0.2) is 8.78 Å². The van der Waals surface area contributed by atoms with Gasteiger partial charge in [-0.2, -0.15) is 10.2 Å². The monoisotopic (exact) mass is 1190 g/mol. The number of alkyl halides is 2. The predicted molar refractivity (Wildman–Crippen MR) is 324 cm³/mol. The maximum absolute atomic E-state index is 17.9. The van der Waals surface area contributed by atoms with E-state index in [1.54, 1.807) is 44.8 Å². The van der Waals surface area contributed by atoms with Crippen molar-refractivity contribution in [3.63, 3.8) is 0 Å². The number of rotatable bonds is 12. The highest BCUT2D eigenvalue weighted by Crippen LogP contribution is 2.74. The van der Waals surface area contributed by atoms with Crippen molar-refractivity contribution >= 4 is 47.6 Å². The summed E-state index contributed by atoms with van der Waals surface area (Å²) in [5.41, 5.74) is -5.32. The quantitative estimate of drug-likeness (QED) is 0.133. The third kappa shape index (κ3) is 10.2. The lowest BCUT2D eigenvalue weighted by atomic mass is 9.43. The SMILES string of the molecule is C.C.C.C.C.C.C.CCC(=O)OCC(=O)[C@@]1(OC(=O)CC)[C@@H](C)C[C@H]2[C@@H]3CCC4=Cc5[nH]ncc5C[C@]4(C)[C@@]3(F)[C@@H](O)C[C@@]21C.CCC(=O)OCC(=O)[C@@]1(OC(=O)CC)[C@@H](C)C[C@H]2[C@@H]3CCC4=Cc5c(cnn5C)C[C@]4(C)[C@@]3(F)[C@@H](O)C[C@@]21C. The van der Waals surface area contributed by atoms with Gasteiger partial charge in [-0.3, -0.25) is 38.5 Å². The fourth-order valence-electron chi connectivity index (χ4n) is 17.7. The van der Waals surface area contributed by atoms with Crippen molar-refractivity contribution in [3.8, 4) is 0 Å². The Kier molecular flexibility index (Phi) is 23.3. The van der Waals surface area contributed by atoms with Gasteiger partial charge in [-0.1, -0.05) is 132 Å². The number of aromatic amines is 1. The van der Waals surface area contributed by atoms with E-state index in [-0.39, 0.29) is 102 Å². The second-order valence-electron chi connectivity index (χ2n) is 24.9. The minimum atomic E-state index is -1.93. The van der Waals surface area contributed by atoms with Gasteiger partial charge >= 0.3 is 23.9 Å². The third-order valence-corrected chi connectivity index (χ3v) is 21.5. The van der Waals surface area contributed by atoms with Crippen molar-refractivity contribution in [1.82, 2.24) is 20.0 Å². The van der Waals surface area contributed by atoms with Crippen molar-refractivity contribution in [2.45, 2.75) is 246 Å². The summed E-state index contributed by atoms with van der Waals surface area (Å²) >= 11 is 0. The number of carbonyl (C=O) groups is 6. The van der Waals surface area contributed by atoms with Crippen molar-refractivity contribution in [2.24, 2.45) is 64.2 Å². The van der Waals surface area contributed by atoms with E-state index in [1.807, 2.05) is 60.7 Å². The zero-order valence-electron chi connectivity index (χ0n) is 46.8. The number of hydrogen-bond acceptors (Lipinski definition) is 14. The Bertz CT molecular complexity index is 2810. The van der Waals surface area contributed by atoms with Gasteiger partial charge in [-0.05, 0) is 99.3 Å². The number of nitrogens with one attached hydrogen (secondary N) is 1. The summed E-state index contributed by atoms with van der Waals surface area (Å²) in [6.45, 7) is 16.8. The molecule has 8 aliphatic rings. The Morgan fingerprint density at radius 3 is 1.40 bits per heavy atom. The molecule has 18 heteroatoms. The number of carbonyl (C=O) groups excluding carboxylic acids is 6. The summed E-state index contributed by atoms with van der Waals surface area (Å²) in [6, 6.07) is 0. The molecule has 2 aromatic rings. The van der Waals surface area contributed by atoms with Crippen LogP contribution < -0.4 is 0 Å². The van der Waals surface area contributed by atoms with Crippen LogP contribution in [0, 0.1) is 57.2 Å². The first-order valence-electron chi connectivity index (χ1n) is 28.2. The normalized spacial score (nSPS) is 37.4. The Morgan fingerprint density at radius 1 is 0.607 bits per heavy atom. The zero-order chi connectivity index (χ0) is 56.2.